The molecular weight excluding hydrogens is 400 g/mol. The van der Waals surface area contributed by atoms with Crippen LogP contribution in [0.15, 0.2) is 30.6 Å². The van der Waals surface area contributed by atoms with E-state index in [-0.39, 0.29) is 11.8 Å². The number of fused-ring (bicyclic) bond motifs is 3. The van der Waals surface area contributed by atoms with E-state index in [4.69, 9.17) is 16.6 Å². The van der Waals surface area contributed by atoms with E-state index >= 15 is 0 Å². The fraction of sp³-hybridized carbons (Fsp3) is 0.455. The molecule has 0 bridgehead atoms. The zero-order chi connectivity index (χ0) is 20.5. The summed E-state index contributed by atoms with van der Waals surface area (Å²) in [4.78, 5) is 29.0. The topological polar surface area (TPSA) is 75.9 Å². The van der Waals surface area contributed by atoms with Crippen LogP contribution >= 0.6 is 11.6 Å². The molecule has 0 atom stereocenters. The first kappa shape index (κ1) is 19.3. The Morgan fingerprint density at radius 3 is 2.80 bits per heavy atom. The lowest BCUT2D eigenvalue weighted by molar-refractivity contribution is -0.120. The molecule has 156 valence electrons. The zero-order valence-electron chi connectivity index (χ0n) is 16.9. The molecule has 1 saturated heterocycles. The van der Waals surface area contributed by atoms with Crippen LogP contribution < -0.4 is 10.2 Å². The molecule has 0 aliphatic carbocycles. The average molecular weight is 425 g/mol. The second-order valence-corrected chi connectivity index (χ2v) is 8.56. The lowest BCUT2D eigenvalue weighted by atomic mass is 9.95. The van der Waals surface area contributed by atoms with E-state index in [1.165, 1.54) is 19.3 Å². The van der Waals surface area contributed by atoms with Crippen molar-refractivity contribution in [1.29, 1.82) is 0 Å². The number of imidazole rings is 1. The molecule has 30 heavy (non-hydrogen) atoms. The summed E-state index contributed by atoms with van der Waals surface area (Å²) in [5, 5.41) is 3.61. The Bertz CT molecular complexity index is 1070. The molecule has 1 N–H and O–H groups in total. The van der Waals surface area contributed by atoms with Crippen LogP contribution in [0, 0.1) is 5.92 Å². The molecular formula is C22H25ClN6O. The van der Waals surface area contributed by atoms with Gasteiger partial charge in [-0.3, -0.25) is 4.79 Å². The lowest BCUT2D eigenvalue weighted by Crippen LogP contribution is -2.38. The van der Waals surface area contributed by atoms with E-state index in [1.54, 1.807) is 18.5 Å². The molecule has 5 rings (SSSR count). The molecule has 2 aromatic heterocycles. The van der Waals surface area contributed by atoms with E-state index in [0.717, 1.165) is 67.4 Å². The third kappa shape index (κ3) is 3.74. The summed E-state index contributed by atoms with van der Waals surface area (Å²) in [6.45, 7) is 2.54. The van der Waals surface area contributed by atoms with Gasteiger partial charge >= 0.3 is 0 Å². The number of carbonyl (C=O) groups excluding carboxylic acids is 1. The number of rotatable bonds is 3. The summed E-state index contributed by atoms with van der Waals surface area (Å²) in [6, 6.07) is 7.27. The van der Waals surface area contributed by atoms with Gasteiger partial charge in [0.2, 0.25) is 5.91 Å². The largest absolute Gasteiger partial charge is 0.355 e. The van der Waals surface area contributed by atoms with Crippen molar-refractivity contribution in [3.63, 3.8) is 0 Å². The summed E-state index contributed by atoms with van der Waals surface area (Å²) in [6.07, 6.45) is 7.81. The Balaban J connectivity index is 1.30. The van der Waals surface area contributed by atoms with Crippen molar-refractivity contribution in [2.45, 2.75) is 45.1 Å². The highest BCUT2D eigenvalue weighted by Gasteiger charge is 2.28. The van der Waals surface area contributed by atoms with Gasteiger partial charge in [0.05, 0.1) is 0 Å². The van der Waals surface area contributed by atoms with Crippen LogP contribution in [0.1, 0.15) is 37.9 Å². The highest BCUT2D eigenvalue weighted by Crippen LogP contribution is 2.29. The van der Waals surface area contributed by atoms with Crippen LogP contribution in [0.25, 0.3) is 11.2 Å². The van der Waals surface area contributed by atoms with Crippen LogP contribution in [-0.2, 0) is 17.8 Å². The van der Waals surface area contributed by atoms with Gasteiger partial charge in [0.25, 0.3) is 0 Å². The molecule has 0 radical (unpaired) electrons. The number of halogens is 1. The number of benzene rings is 1. The van der Waals surface area contributed by atoms with Gasteiger partial charge in [-0.05, 0) is 43.9 Å². The Kier molecular flexibility index (Phi) is 5.29. The molecule has 1 fully saturated rings. The van der Waals surface area contributed by atoms with Gasteiger partial charge in [0, 0.05) is 42.7 Å². The lowest BCUT2D eigenvalue weighted by Gasteiger charge is -2.32. The summed E-state index contributed by atoms with van der Waals surface area (Å²) >= 11 is 6.02. The molecule has 1 aromatic carbocycles. The summed E-state index contributed by atoms with van der Waals surface area (Å²) in [7, 11) is 0. The number of hydrogen-bond donors (Lipinski definition) is 1. The Morgan fingerprint density at radius 2 is 1.97 bits per heavy atom. The van der Waals surface area contributed by atoms with Crippen LogP contribution in [0.2, 0.25) is 5.02 Å². The van der Waals surface area contributed by atoms with E-state index < -0.39 is 0 Å². The summed E-state index contributed by atoms with van der Waals surface area (Å²) in [5.41, 5.74) is 2.58. The quantitative estimate of drug-likeness (QED) is 0.686. The van der Waals surface area contributed by atoms with E-state index in [1.807, 2.05) is 12.1 Å². The Hall–Kier alpha value is -2.67. The Labute approximate surface area is 180 Å². The monoisotopic (exact) mass is 424 g/mol. The third-order valence-corrected chi connectivity index (χ3v) is 6.37. The van der Waals surface area contributed by atoms with Crippen LogP contribution in [0.5, 0.6) is 0 Å². The number of hydrogen-bond acceptors (Lipinski definition) is 5. The zero-order valence-corrected chi connectivity index (χ0v) is 17.6. The molecule has 4 heterocycles. The molecule has 8 heteroatoms. The number of anilines is 2. The highest BCUT2D eigenvalue weighted by atomic mass is 35.5. The first-order valence-electron chi connectivity index (χ1n) is 10.7. The van der Waals surface area contributed by atoms with E-state index in [9.17, 15) is 4.79 Å². The van der Waals surface area contributed by atoms with Crippen molar-refractivity contribution >= 4 is 40.2 Å². The van der Waals surface area contributed by atoms with Gasteiger partial charge in [0.1, 0.15) is 12.2 Å². The number of aryl methyl sites for hydroxylation is 2. The maximum absolute atomic E-state index is 12.7. The van der Waals surface area contributed by atoms with Crippen LogP contribution in [0.3, 0.4) is 0 Å². The molecule has 0 spiro atoms. The van der Waals surface area contributed by atoms with Gasteiger partial charge in [-0.2, -0.15) is 0 Å². The van der Waals surface area contributed by atoms with Gasteiger partial charge in [-0.1, -0.05) is 24.1 Å². The maximum Gasteiger partial charge on any atom is 0.227 e. The van der Waals surface area contributed by atoms with Gasteiger partial charge in [0.15, 0.2) is 17.0 Å². The molecule has 3 aromatic rings. The summed E-state index contributed by atoms with van der Waals surface area (Å²) < 4.78 is 2.26. The van der Waals surface area contributed by atoms with Crippen molar-refractivity contribution in [2.75, 3.05) is 23.3 Å². The SMILES string of the molecule is O=C(Nc1cccc(Cl)c1)C1CCN(c2ncnc3c2nc2n3CCCCC2)CC1. The molecule has 0 unspecified atom stereocenters. The smallest absolute Gasteiger partial charge is 0.227 e. The van der Waals surface area contributed by atoms with Gasteiger partial charge in [-0.15, -0.1) is 0 Å². The molecule has 1 amide bonds. The molecule has 7 nitrogen and oxygen atoms in total. The van der Waals surface area contributed by atoms with Crippen molar-refractivity contribution < 1.29 is 4.79 Å². The normalized spacial score (nSPS) is 17.6. The van der Waals surface area contributed by atoms with Gasteiger partial charge < -0.3 is 14.8 Å². The number of carbonyl (C=O) groups is 1. The van der Waals surface area contributed by atoms with Crippen LogP contribution in [-0.4, -0.2) is 38.5 Å². The van der Waals surface area contributed by atoms with E-state index in [2.05, 4.69) is 24.8 Å². The number of amides is 1. The fourth-order valence-corrected chi connectivity index (χ4v) is 4.71. The van der Waals surface area contributed by atoms with Crippen molar-refractivity contribution in [3.05, 3.63) is 41.4 Å². The first-order chi connectivity index (χ1) is 14.7. The third-order valence-electron chi connectivity index (χ3n) is 6.13. The first-order valence-corrected chi connectivity index (χ1v) is 11.1. The van der Waals surface area contributed by atoms with Crippen molar-refractivity contribution in [1.82, 2.24) is 19.5 Å². The minimum atomic E-state index is -0.0173. The Morgan fingerprint density at radius 1 is 1.10 bits per heavy atom. The summed E-state index contributed by atoms with van der Waals surface area (Å²) in [5.74, 6) is 2.06. The molecule has 0 saturated carbocycles. The maximum atomic E-state index is 12.7. The number of nitrogens with one attached hydrogen (secondary N) is 1. The number of aromatic nitrogens is 4. The molecule has 2 aliphatic rings. The fourth-order valence-electron chi connectivity index (χ4n) is 4.52. The van der Waals surface area contributed by atoms with Crippen molar-refractivity contribution in [3.8, 4) is 0 Å². The second-order valence-electron chi connectivity index (χ2n) is 8.12. The number of nitrogens with zero attached hydrogens (tertiary/aromatic N) is 5. The minimum absolute atomic E-state index is 0.0173. The predicted molar refractivity (Wildman–Crippen MR) is 118 cm³/mol. The van der Waals surface area contributed by atoms with Gasteiger partial charge in [-0.25, -0.2) is 15.0 Å². The standard InChI is InChI=1S/C22H25ClN6O/c23-16-5-4-6-17(13-16)26-22(30)15-8-11-28(12-9-15)20-19-21(25-14-24-20)29-10-3-1-2-7-18(29)27-19/h4-6,13-15H,1-3,7-12H2,(H,26,30). The second kappa shape index (κ2) is 8.22. The minimum Gasteiger partial charge on any atom is -0.355 e. The average Bonchev–Trinajstić information content (AvgIpc) is 2.95. The number of piperidine rings is 1. The van der Waals surface area contributed by atoms with Crippen molar-refractivity contribution in [2.24, 2.45) is 5.92 Å². The van der Waals surface area contributed by atoms with E-state index in [0.29, 0.717) is 5.02 Å². The predicted octanol–water partition coefficient (Wildman–Crippen LogP) is 4.06. The molecule has 2 aliphatic heterocycles. The van der Waals surface area contributed by atoms with Crippen LogP contribution in [0.4, 0.5) is 11.5 Å². The highest BCUT2D eigenvalue weighted by molar-refractivity contribution is 6.30.